The van der Waals surface area contributed by atoms with Crippen molar-refractivity contribution in [2.45, 2.75) is 6.04 Å². The van der Waals surface area contributed by atoms with E-state index in [1.54, 1.807) is 22.8 Å². The summed E-state index contributed by atoms with van der Waals surface area (Å²) in [6, 6.07) is 0.876. The minimum absolute atomic E-state index is 0.203. The highest BCUT2D eigenvalue weighted by atomic mass is 32.2. The maximum atomic E-state index is 13.1. The number of nitrogens with zero attached hydrogens (tertiary/aromatic N) is 3. The van der Waals surface area contributed by atoms with Gasteiger partial charge in [0.05, 0.1) is 12.2 Å². The number of carbonyl (C=O) groups is 1. The van der Waals surface area contributed by atoms with Crippen molar-refractivity contribution in [2.75, 3.05) is 18.1 Å². The number of nitrogens with one attached hydrogen (secondary N) is 1. The van der Waals surface area contributed by atoms with E-state index < -0.39 is 16.6 Å². The quantitative estimate of drug-likeness (QED) is 0.893. The number of aryl methyl sites for hydroxylation is 1. The molecule has 2 aromatic heterocycles. The van der Waals surface area contributed by atoms with E-state index in [0.29, 0.717) is 18.1 Å². The van der Waals surface area contributed by atoms with Crippen LogP contribution in [0.4, 0.5) is 4.39 Å². The van der Waals surface area contributed by atoms with Gasteiger partial charge in [0, 0.05) is 59.9 Å². The van der Waals surface area contributed by atoms with Crippen LogP contribution in [0.5, 0.6) is 0 Å². The molecule has 2 aromatic rings. The Kier molecular flexibility index (Phi) is 3.62. The lowest BCUT2D eigenvalue weighted by molar-refractivity contribution is 0.0694. The fourth-order valence-corrected chi connectivity index (χ4v) is 3.77. The van der Waals surface area contributed by atoms with Gasteiger partial charge in [-0.25, -0.2) is 4.39 Å². The highest BCUT2D eigenvalue weighted by molar-refractivity contribution is 7.85. The van der Waals surface area contributed by atoms with E-state index in [1.807, 2.05) is 6.20 Å². The Balaban J connectivity index is 1.90. The van der Waals surface area contributed by atoms with Crippen molar-refractivity contribution in [1.29, 1.82) is 0 Å². The Bertz CT molecular complexity index is 696. The molecule has 2 atom stereocenters. The van der Waals surface area contributed by atoms with Gasteiger partial charge in [-0.15, -0.1) is 0 Å². The molecule has 3 rings (SSSR count). The number of hydrogen-bond acceptors (Lipinski definition) is 3. The smallest absolute Gasteiger partial charge is 0.270 e. The zero-order valence-corrected chi connectivity index (χ0v) is 12.3. The normalized spacial score (nSPS) is 22.5. The van der Waals surface area contributed by atoms with Crippen LogP contribution in [0.2, 0.25) is 0 Å². The average Bonchev–Trinajstić information content (AvgIpc) is 3.07. The lowest BCUT2D eigenvalue weighted by Gasteiger charge is -2.34. The predicted octanol–water partition coefficient (Wildman–Crippen LogP) is 0.833. The third kappa shape index (κ3) is 2.76. The van der Waals surface area contributed by atoms with E-state index >= 15 is 0 Å². The molecule has 1 aliphatic heterocycles. The summed E-state index contributed by atoms with van der Waals surface area (Å²) in [6.07, 6.45) is 4.62. The summed E-state index contributed by atoms with van der Waals surface area (Å²) in [5, 5.41) is 4.10. The summed E-state index contributed by atoms with van der Waals surface area (Å²) in [7, 11) is 0.822. The second kappa shape index (κ2) is 5.44. The number of carbonyl (C=O) groups excluding carboxylic acids is 1. The van der Waals surface area contributed by atoms with Gasteiger partial charge in [0.2, 0.25) is 0 Å². The standard InChI is InChI=1S/C13H15FN4O2S/c1-17-7-9(5-16-17)12-8-21(20)3-2-18(12)13(19)11-4-10(14)6-15-11/h4-7,12,15H,2-3,8H2,1H3. The molecule has 0 aromatic carbocycles. The Labute approximate surface area is 123 Å². The third-order valence-electron chi connectivity index (χ3n) is 3.53. The zero-order chi connectivity index (χ0) is 15.0. The van der Waals surface area contributed by atoms with Gasteiger partial charge in [-0.3, -0.25) is 13.7 Å². The van der Waals surface area contributed by atoms with Crippen molar-refractivity contribution in [3.63, 3.8) is 0 Å². The van der Waals surface area contributed by atoms with E-state index in [1.165, 1.54) is 6.07 Å². The zero-order valence-electron chi connectivity index (χ0n) is 11.5. The molecular weight excluding hydrogens is 295 g/mol. The van der Waals surface area contributed by atoms with Crippen LogP contribution in [-0.4, -0.2) is 47.8 Å². The molecule has 3 heterocycles. The molecule has 1 N–H and O–H groups in total. The molecule has 1 amide bonds. The average molecular weight is 310 g/mol. The number of aromatic nitrogens is 3. The van der Waals surface area contributed by atoms with Crippen LogP contribution >= 0.6 is 0 Å². The summed E-state index contributed by atoms with van der Waals surface area (Å²) in [5.41, 5.74) is 1.04. The topological polar surface area (TPSA) is 71.0 Å². The summed E-state index contributed by atoms with van der Waals surface area (Å²) in [5.74, 6) is 0.0492. The highest BCUT2D eigenvalue weighted by Gasteiger charge is 2.33. The number of aromatic amines is 1. The van der Waals surface area contributed by atoms with Gasteiger partial charge in [-0.05, 0) is 0 Å². The first-order valence-electron chi connectivity index (χ1n) is 6.53. The van der Waals surface area contributed by atoms with Gasteiger partial charge in [-0.1, -0.05) is 0 Å². The van der Waals surface area contributed by atoms with Crippen molar-refractivity contribution in [3.05, 3.63) is 41.7 Å². The van der Waals surface area contributed by atoms with Crippen LogP contribution in [-0.2, 0) is 17.8 Å². The molecule has 1 saturated heterocycles. The fraction of sp³-hybridized carbons (Fsp3) is 0.385. The second-order valence-electron chi connectivity index (χ2n) is 5.00. The van der Waals surface area contributed by atoms with E-state index in [4.69, 9.17) is 0 Å². The summed E-state index contributed by atoms with van der Waals surface area (Å²) >= 11 is 0. The Hall–Kier alpha value is -1.96. The first kappa shape index (κ1) is 14.0. The van der Waals surface area contributed by atoms with Gasteiger partial charge >= 0.3 is 0 Å². The second-order valence-corrected chi connectivity index (χ2v) is 6.63. The van der Waals surface area contributed by atoms with Gasteiger partial charge < -0.3 is 9.88 Å². The Morgan fingerprint density at radius 3 is 3.00 bits per heavy atom. The summed E-state index contributed by atoms with van der Waals surface area (Å²) in [6.45, 7) is 0.381. The van der Waals surface area contributed by atoms with Crippen LogP contribution in [0.1, 0.15) is 22.1 Å². The summed E-state index contributed by atoms with van der Waals surface area (Å²) < 4.78 is 26.6. The SMILES string of the molecule is Cn1cc(C2CS(=O)CCN2C(=O)c2cc(F)c[nH]2)cn1. The minimum atomic E-state index is -0.965. The highest BCUT2D eigenvalue weighted by Crippen LogP contribution is 2.26. The van der Waals surface area contributed by atoms with E-state index in [0.717, 1.165) is 11.8 Å². The van der Waals surface area contributed by atoms with Crippen LogP contribution in [0.3, 0.4) is 0 Å². The van der Waals surface area contributed by atoms with E-state index in [9.17, 15) is 13.4 Å². The minimum Gasteiger partial charge on any atom is -0.355 e. The number of halogens is 1. The van der Waals surface area contributed by atoms with Gasteiger partial charge in [-0.2, -0.15) is 5.10 Å². The van der Waals surface area contributed by atoms with Crippen molar-refractivity contribution < 1.29 is 13.4 Å². The molecule has 8 heteroatoms. The molecule has 21 heavy (non-hydrogen) atoms. The monoisotopic (exact) mass is 310 g/mol. The van der Waals surface area contributed by atoms with E-state index in [-0.39, 0.29) is 17.6 Å². The number of H-pyrrole nitrogens is 1. The third-order valence-corrected chi connectivity index (χ3v) is 4.85. The Morgan fingerprint density at radius 1 is 1.57 bits per heavy atom. The molecule has 0 aliphatic carbocycles. The molecular formula is C13H15FN4O2S. The molecule has 0 bridgehead atoms. The molecule has 0 saturated carbocycles. The van der Waals surface area contributed by atoms with Gasteiger partial charge in [0.15, 0.2) is 0 Å². The maximum Gasteiger partial charge on any atom is 0.270 e. The maximum absolute atomic E-state index is 13.1. The van der Waals surface area contributed by atoms with Crippen LogP contribution < -0.4 is 0 Å². The van der Waals surface area contributed by atoms with Crippen LogP contribution in [0, 0.1) is 5.82 Å². The lowest BCUT2D eigenvalue weighted by atomic mass is 10.1. The molecule has 0 radical (unpaired) electrons. The first-order valence-corrected chi connectivity index (χ1v) is 8.02. The molecule has 112 valence electrons. The first-order chi connectivity index (χ1) is 10.0. The molecule has 1 fully saturated rings. The van der Waals surface area contributed by atoms with Crippen molar-refractivity contribution >= 4 is 16.7 Å². The number of hydrogen-bond donors (Lipinski definition) is 1. The van der Waals surface area contributed by atoms with E-state index in [2.05, 4.69) is 10.1 Å². The van der Waals surface area contributed by atoms with Crippen molar-refractivity contribution in [1.82, 2.24) is 19.7 Å². The summed E-state index contributed by atoms with van der Waals surface area (Å²) in [4.78, 5) is 16.8. The molecule has 1 aliphatic rings. The number of amides is 1. The van der Waals surface area contributed by atoms with Gasteiger partial charge in [0.25, 0.3) is 5.91 Å². The molecule has 2 unspecified atom stereocenters. The fourth-order valence-electron chi connectivity index (χ4n) is 2.48. The largest absolute Gasteiger partial charge is 0.355 e. The predicted molar refractivity (Wildman–Crippen MR) is 75.6 cm³/mol. The van der Waals surface area contributed by atoms with Crippen LogP contribution in [0.15, 0.2) is 24.7 Å². The molecule has 6 nitrogen and oxygen atoms in total. The van der Waals surface area contributed by atoms with Crippen LogP contribution in [0.25, 0.3) is 0 Å². The van der Waals surface area contributed by atoms with Crippen molar-refractivity contribution in [2.24, 2.45) is 7.05 Å². The van der Waals surface area contributed by atoms with Crippen molar-refractivity contribution in [3.8, 4) is 0 Å². The van der Waals surface area contributed by atoms with Gasteiger partial charge in [0.1, 0.15) is 11.5 Å². The number of rotatable bonds is 2. The molecule has 0 spiro atoms. The lowest BCUT2D eigenvalue weighted by Crippen LogP contribution is -2.44. The Morgan fingerprint density at radius 2 is 2.38 bits per heavy atom.